The molecule has 0 aromatic heterocycles. The third-order valence-electron chi connectivity index (χ3n) is 4.87. The van der Waals surface area contributed by atoms with Gasteiger partial charge in [-0.05, 0) is 56.6 Å². The van der Waals surface area contributed by atoms with Gasteiger partial charge in [0.25, 0.3) is 5.91 Å². The fourth-order valence-corrected chi connectivity index (χ4v) is 3.41. The van der Waals surface area contributed by atoms with E-state index in [-0.39, 0.29) is 18.2 Å². The van der Waals surface area contributed by atoms with Crippen LogP contribution >= 0.6 is 0 Å². The van der Waals surface area contributed by atoms with E-state index in [1.165, 1.54) is 4.90 Å². The van der Waals surface area contributed by atoms with Gasteiger partial charge in [-0.2, -0.15) is 0 Å². The van der Waals surface area contributed by atoms with E-state index >= 15 is 0 Å². The Labute approximate surface area is 147 Å². The Morgan fingerprint density at radius 3 is 2.44 bits per heavy atom. The smallest absolute Gasteiger partial charge is 0.328 e. The lowest BCUT2D eigenvalue weighted by Crippen LogP contribution is -2.49. The van der Waals surface area contributed by atoms with Gasteiger partial charge in [0.05, 0.1) is 0 Å². The summed E-state index contributed by atoms with van der Waals surface area (Å²) in [4.78, 5) is 39.1. The van der Waals surface area contributed by atoms with Gasteiger partial charge in [-0.25, -0.2) is 4.79 Å². The second-order valence-corrected chi connectivity index (χ2v) is 6.60. The first kappa shape index (κ1) is 17.4. The molecular weight excluding hydrogens is 320 g/mol. The van der Waals surface area contributed by atoms with E-state index < -0.39 is 6.03 Å². The Bertz CT molecular complexity index is 651. The minimum atomic E-state index is -0.415. The first-order chi connectivity index (χ1) is 12.1. The fourth-order valence-electron chi connectivity index (χ4n) is 3.41. The van der Waals surface area contributed by atoms with E-state index in [0.717, 1.165) is 32.5 Å². The summed E-state index contributed by atoms with van der Waals surface area (Å²) in [5, 5.41) is 5.49. The molecule has 4 amide bonds. The van der Waals surface area contributed by atoms with Crippen LogP contribution in [0.1, 0.15) is 29.6 Å². The number of carbonyl (C=O) groups excluding carboxylic acids is 3. The Morgan fingerprint density at radius 2 is 1.84 bits per heavy atom. The summed E-state index contributed by atoms with van der Waals surface area (Å²) >= 11 is 0. The highest BCUT2D eigenvalue weighted by atomic mass is 16.2. The number of piperidine rings is 1. The van der Waals surface area contributed by atoms with Crippen molar-refractivity contribution < 1.29 is 14.4 Å². The summed E-state index contributed by atoms with van der Waals surface area (Å²) in [7, 11) is 1.96. The topological polar surface area (TPSA) is 81.8 Å². The fraction of sp³-hybridized carbons (Fsp3) is 0.500. The predicted octanol–water partition coefficient (Wildman–Crippen LogP) is 1.20. The molecule has 2 fully saturated rings. The van der Waals surface area contributed by atoms with Gasteiger partial charge in [0.15, 0.2) is 0 Å². The van der Waals surface area contributed by atoms with Crippen molar-refractivity contribution >= 4 is 23.5 Å². The van der Waals surface area contributed by atoms with Crippen LogP contribution in [0.5, 0.6) is 0 Å². The summed E-state index contributed by atoms with van der Waals surface area (Å²) in [5.41, 5.74) is 1.32. The quantitative estimate of drug-likeness (QED) is 0.860. The Kier molecular flexibility index (Phi) is 5.33. The first-order valence-corrected chi connectivity index (χ1v) is 8.74. The number of nitrogens with zero attached hydrogens (tertiary/aromatic N) is 2. The van der Waals surface area contributed by atoms with Crippen LogP contribution in [0.4, 0.5) is 10.5 Å². The highest BCUT2D eigenvalue weighted by Crippen LogP contribution is 2.21. The van der Waals surface area contributed by atoms with Crippen LogP contribution in [0.15, 0.2) is 24.3 Å². The Hall–Kier alpha value is -2.41. The molecule has 0 aliphatic carbocycles. The highest BCUT2D eigenvalue weighted by molar-refractivity contribution is 6.05. The summed E-state index contributed by atoms with van der Waals surface area (Å²) in [5.74, 6) is 0.416. The average molecular weight is 344 g/mol. The van der Waals surface area contributed by atoms with Gasteiger partial charge in [-0.3, -0.25) is 19.8 Å². The molecule has 2 heterocycles. The predicted molar refractivity (Wildman–Crippen MR) is 94.5 cm³/mol. The molecule has 2 N–H and O–H groups in total. The Morgan fingerprint density at radius 1 is 1.16 bits per heavy atom. The molecule has 0 saturated carbocycles. The molecule has 1 aromatic rings. The third kappa shape index (κ3) is 3.99. The van der Waals surface area contributed by atoms with Crippen molar-refractivity contribution in [3.05, 3.63) is 29.8 Å². The molecule has 2 aliphatic rings. The zero-order valence-corrected chi connectivity index (χ0v) is 14.5. The molecule has 7 heteroatoms. The molecule has 0 atom stereocenters. The van der Waals surface area contributed by atoms with Crippen molar-refractivity contribution in [3.63, 3.8) is 0 Å². The van der Waals surface area contributed by atoms with Gasteiger partial charge in [0.1, 0.15) is 0 Å². The number of urea groups is 1. The van der Waals surface area contributed by atoms with Crippen LogP contribution in [-0.2, 0) is 4.79 Å². The number of nitrogens with one attached hydrogen (secondary N) is 2. The molecule has 0 bridgehead atoms. The number of anilines is 1. The average Bonchev–Trinajstić information content (AvgIpc) is 2.62. The standard InChI is InChI=1S/C18H24N4O3/c1-19-12-13-6-9-21(10-7-13)17(24)14-2-4-15(5-3-14)22-11-8-16(23)20-18(22)25/h2-5,13,19H,6-12H2,1H3,(H,20,23,25). The normalized spacial score (nSPS) is 19.1. The van der Waals surface area contributed by atoms with E-state index in [1.54, 1.807) is 24.3 Å². The van der Waals surface area contributed by atoms with Crippen molar-refractivity contribution in [2.75, 3.05) is 38.1 Å². The van der Waals surface area contributed by atoms with Crippen LogP contribution < -0.4 is 15.5 Å². The molecule has 134 valence electrons. The molecule has 7 nitrogen and oxygen atoms in total. The second kappa shape index (κ2) is 7.65. The SMILES string of the molecule is CNCC1CCN(C(=O)c2ccc(N3CCC(=O)NC3=O)cc2)CC1. The van der Waals surface area contributed by atoms with Crippen LogP contribution in [0, 0.1) is 5.92 Å². The number of hydrogen-bond donors (Lipinski definition) is 2. The number of benzene rings is 1. The zero-order valence-electron chi connectivity index (χ0n) is 14.5. The molecule has 0 spiro atoms. The number of likely N-dealkylation sites (tertiary alicyclic amines) is 1. The monoisotopic (exact) mass is 344 g/mol. The lowest BCUT2D eigenvalue weighted by Gasteiger charge is -2.32. The minimum absolute atomic E-state index is 0.0349. The van der Waals surface area contributed by atoms with E-state index in [4.69, 9.17) is 0 Å². The number of imide groups is 1. The Balaban J connectivity index is 1.61. The summed E-state index contributed by atoms with van der Waals surface area (Å²) in [6.07, 6.45) is 2.33. The van der Waals surface area contributed by atoms with Crippen molar-refractivity contribution in [2.24, 2.45) is 5.92 Å². The van der Waals surface area contributed by atoms with E-state index in [1.807, 2.05) is 11.9 Å². The lowest BCUT2D eigenvalue weighted by molar-refractivity contribution is -0.120. The van der Waals surface area contributed by atoms with Gasteiger partial charge >= 0.3 is 6.03 Å². The zero-order chi connectivity index (χ0) is 17.8. The molecule has 2 saturated heterocycles. The minimum Gasteiger partial charge on any atom is -0.339 e. The number of hydrogen-bond acceptors (Lipinski definition) is 4. The van der Waals surface area contributed by atoms with E-state index in [0.29, 0.717) is 23.7 Å². The maximum atomic E-state index is 12.6. The van der Waals surface area contributed by atoms with Gasteiger partial charge in [0, 0.05) is 37.3 Å². The highest BCUT2D eigenvalue weighted by Gasteiger charge is 2.26. The van der Waals surface area contributed by atoms with Gasteiger partial charge in [-0.15, -0.1) is 0 Å². The number of rotatable bonds is 4. The maximum Gasteiger partial charge on any atom is 0.328 e. The summed E-state index contributed by atoms with van der Waals surface area (Å²) < 4.78 is 0. The molecule has 3 rings (SSSR count). The second-order valence-electron chi connectivity index (χ2n) is 6.60. The van der Waals surface area contributed by atoms with Crippen LogP contribution in [-0.4, -0.2) is 56.0 Å². The number of carbonyl (C=O) groups is 3. The number of amides is 4. The maximum absolute atomic E-state index is 12.6. The molecule has 0 radical (unpaired) electrons. The van der Waals surface area contributed by atoms with Gasteiger partial charge in [0.2, 0.25) is 5.91 Å². The van der Waals surface area contributed by atoms with Gasteiger partial charge < -0.3 is 10.2 Å². The summed E-state index contributed by atoms with van der Waals surface area (Å²) in [6, 6.07) is 6.61. The molecule has 2 aliphatic heterocycles. The molecule has 0 unspecified atom stereocenters. The third-order valence-corrected chi connectivity index (χ3v) is 4.87. The van der Waals surface area contributed by atoms with Crippen LogP contribution in [0.2, 0.25) is 0 Å². The van der Waals surface area contributed by atoms with Gasteiger partial charge in [-0.1, -0.05) is 0 Å². The molecular formula is C18H24N4O3. The van der Waals surface area contributed by atoms with Crippen molar-refractivity contribution in [1.82, 2.24) is 15.5 Å². The van der Waals surface area contributed by atoms with Crippen molar-refractivity contribution in [1.29, 1.82) is 0 Å². The van der Waals surface area contributed by atoms with E-state index in [2.05, 4.69) is 10.6 Å². The van der Waals surface area contributed by atoms with E-state index in [9.17, 15) is 14.4 Å². The first-order valence-electron chi connectivity index (χ1n) is 8.74. The molecule has 1 aromatic carbocycles. The lowest BCUT2D eigenvalue weighted by atomic mass is 9.96. The van der Waals surface area contributed by atoms with Crippen LogP contribution in [0.3, 0.4) is 0 Å². The molecule has 25 heavy (non-hydrogen) atoms. The van der Waals surface area contributed by atoms with Crippen LogP contribution in [0.25, 0.3) is 0 Å². The summed E-state index contributed by atoms with van der Waals surface area (Å²) in [6.45, 7) is 2.92. The van der Waals surface area contributed by atoms with Crippen molar-refractivity contribution in [2.45, 2.75) is 19.3 Å². The van der Waals surface area contributed by atoms with Crippen molar-refractivity contribution in [3.8, 4) is 0 Å². The largest absolute Gasteiger partial charge is 0.339 e.